The Morgan fingerprint density at radius 2 is 2.04 bits per heavy atom. The topological polar surface area (TPSA) is 52.9 Å². The SMILES string of the molecule is N#Cc1c(NC(=O)/C=C/c2cccc(Cl)c2)sc2c1CCCCCC2. The molecule has 1 aliphatic carbocycles. The number of hydrogen-bond acceptors (Lipinski definition) is 3. The van der Waals surface area contributed by atoms with Crippen molar-refractivity contribution in [3.05, 3.63) is 56.9 Å². The fourth-order valence-corrected chi connectivity index (χ4v) is 4.50. The minimum absolute atomic E-state index is 0.231. The van der Waals surface area contributed by atoms with Gasteiger partial charge in [-0.1, -0.05) is 36.6 Å². The monoisotopic (exact) mass is 370 g/mol. The van der Waals surface area contributed by atoms with E-state index in [4.69, 9.17) is 11.6 Å². The van der Waals surface area contributed by atoms with Crippen LogP contribution in [0.25, 0.3) is 6.08 Å². The van der Waals surface area contributed by atoms with Crippen LogP contribution in [-0.4, -0.2) is 5.91 Å². The minimum Gasteiger partial charge on any atom is -0.313 e. The van der Waals surface area contributed by atoms with Gasteiger partial charge in [-0.2, -0.15) is 5.26 Å². The summed E-state index contributed by atoms with van der Waals surface area (Å²) >= 11 is 7.50. The van der Waals surface area contributed by atoms with Crippen LogP contribution in [0.1, 0.15) is 47.3 Å². The van der Waals surface area contributed by atoms with Gasteiger partial charge >= 0.3 is 0 Å². The molecule has 0 aliphatic heterocycles. The number of rotatable bonds is 3. The van der Waals surface area contributed by atoms with Crippen LogP contribution in [0.3, 0.4) is 0 Å². The molecular formula is C20H19ClN2OS. The van der Waals surface area contributed by atoms with Gasteiger partial charge in [0.15, 0.2) is 0 Å². The van der Waals surface area contributed by atoms with E-state index in [1.165, 1.54) is 23.8 Å². The lowest BCUT2D eigenvalue weighted by molar-refractivity contribution is -0.111. The third-order valence-electron chi connectivity index (χ3n) is 4.30. The summed E-state index contributed by atoms with van der Waals surface area (Å²) in [6.45, 7) is 0. The van der Waals surface area contributed by atoms with Crippen molar-refractivity contribution in [1.29, 1.82) is 5.26 Å². The van der Waals surface area contributed by atoms with E-state index < -0.39 is 0 Å². The summed E-state index contributed by atoms with van der Waals surface area (Å²) in [5.41, 5.74) is 2.65. The van der Waals surface area contributed by atoms with Crippen LogP contribution in [0, 0.1) is 11.3 Å². The number of hydrogen-bond donors (Lipinski definition) is 1. The molecule has 5 heteroatoms. The van der Waals surface area contributed by atoms with E-state index in [2.05, 4.69) is 11.4 Å². The van der Waals surface area contributed by atoms with Gasteiger partial charge < -0.3 is 5.32 Å². The quantitative estimate of drug-likeness (QED) is 0.716. The molecule has 1 aromatic carbocycles. The molecule has 1 aromatic heterocycles. The zero-order chi connectivity index (χ0) is 17.6. The van der Waals surface area contributed by atoms with Crippen molar-refractivity contribution >= 4 is 39.9 Å². The zero-order valence-corrected chi connectivity index (χ0v) is 15.4. The number of anilines is 1. The smallest absolute Gasteiger partial charge is 0.249 e. The molecule has 0 fully saturated rings. The first kappa shape index (κ1) is 17.7. The summed E-state index contributed by atoms with van der Waals surface area (Å²) in [6.07, 6.45) is 9.85. The summed E-state index contributed by atoms with van der Waals surface area (Å²) in [4.78, 5) is 13.5. The minimum atomic E-state index is -0.231. The van der Waals surface area contributed by atoms with E-state index >= 15 is 0 Å². The Labute approximate surface area is 156 Å². The number of halogens is 1. The normalized spacial score (nSPS) is 14.4. The molecule has 3 rings (SSSR count). The van der Waals surface area contributed by atoms with Gasteiger partial charge in [-0.05, 0) is 55.0 Å². The lowest BCUT2D eigenvalue weighted by atomic mass is 9.97. The average molecular weight is 371 g/mol. The number of carbonyl (C=O) groups excluding carboxylic acids is 1. The molecule has 1 heterocycles. The van der Waals surface area contributed by atoms with Gasteiger partial charge in [0.05, 0.1) is 5.56 Å². The maximum atomic E-state index is 12.3. The third kappa shape index (κ3) is 4.50. The molecule has 2 aromatic rings. The molecule has 0 saturated heterocycles. The van der Waals surface area contributed by atoms with Crippen LogP contribution in [-0.2, 0) is 17.6 Å². The van der Waals surface area contributed by atoms with Crippen LogP contribution in [0.5, 0.6) is 0 Å². The highest BCUT2D eigenvalue weighted by atomic mass is 35.5. The number of nitrogens with one attached hydrogen (secondary N) is 1. The largest absolute Gasteiger partial charge is 0.313 e. The Bertz CT molecular complexity index is 848. The maximum absolute atomic E-state index is 12.3. The molecule has 0 radical (unpaired) electrons. The number of fused-ring (bicyclic) bond motifs is 1. The molecule has 0 spiro atoms. The highest BCUT2D eigenvalue weighted by Gasteiger charge is 2.19. The van der Waals surface area contributed by atoms with Crippen molar-refractivity contribution in [2.75, 3.05) is 5.32 Å². The first-order chi connectivity index (χ1) is 12.2. The Morgan fingerprint density at radius 1 is 1.24 bits per heavy atom. The fourth-order valence-electron chi connectivity index (χ4n) is 3.06. The Balaban J connectivity index is 1.77. The van der Waals surface area contributed by atoms with Crippen LogP contribution < -0.4 is 5.32 Å². The van der Waals surface area contributed by atoms with Gasteiger partial charge in [0, 0.05) is 16.0 Å². The highest BCUT2D eigenvalue weighted by Crippen LogP contribution is 2.36. The third-order valence-corrected chi connectivity index (χ3v) is 5.74. The van der Waals surface area contributed by atoms with E-state index in [0.29, 0.717) is 15.6 Å². The molecule has 1 N–H and O–H groups in total. The van der Waals surface area contributed by atoms with Crippen molar-refractivity contribution in [2.24, 2.45) is 0 Å². The number of carbonyl (C=O) groups is 1. The van der Waals surface area contributed by atoms with E-state index in [1.54, 1.807) is 29.5 Å². The molecular weight excluding hydrogens is 352 g/mol. The summed E-state index contributed by atoms with van der Waals surface area (Å²) in [5, 5.41) is 13.7. The second-order valence-corrected chi connectivity index (χ2v) is 7.65. The number of amides is 1. The van der Waals surface area contributed by atoms with Crippen LogP contribution in [0.15, 0.2) is 30.3 Å². The predicted molar refractivity (Wildman–Crippen MR) is 104 cm³/mol. The number of benzene rings is 1. The number of nitriles is 1. The standard InChI is InChI=1S/C20H19ClN2OS/c21-15-7-5-6-14(12-15)10-11-19(24)23-20-17(13-22)16-8-3-1-2-4-9-18(16)25-20/h5-7,10-12H,1-4,8-9H2,(H,23,24)/b11-10+. The van der Waals surface area contributed by atoms with Gasteiger partial charge in [0.1, 0.15) is 11.1 Å². The Kier molecular flexibility index (Phi) is 5.91. The predicted octanol–water partition coefficient (Wildman–Crippen LogP) is 5.58. The fraction of sp³-hybridized carbons (Fsp3) is 0.300. The number of aryl methyl sites for hydroxylation is 1. The second kappa shape index (κ2) is 8.33. The van der Waals surface area contributed by atoms with Crippen molar-refractivity contribution < 1.29 is 4.79 Å². The van der Waals surface area contributed by atoms with Gasteiger partial charge in [0.2, 0.25) is 5.91 Å². The first-order valence-electron chi connectivity index (χ1n) is 8.46. The summed E-state index contributed by atoms with van der Waals surface area (Å²) in [6, 6.07) is 9.60. The van der Waals surface area contributed by atoms with Crippen molar-refractivity contribution in [2.45, 2.75) is 38.5 Å². The summed E-state index contributed by atoms with van der Waals surface area (Å²) < 4.78 is 0. The summed E-state index contributed by atoms with van der Waals surface area (Å²) in [5.74, 6) is -0.231. The molecule has 25 heavy (non-hydrogen) atoms. The van der Waals surface area contributed by atoms with Crippen molar-refractivity contribution in [1.82, 2.24) is 0 Å². The second-order valence-electron chi connectivity index (χ2n) is 6.11. The average Bonchev–Trinajstić information content (AvgIpc) is 2.88. The molecule has 0 atom stereocenters. The lowest BCUT2D eigenvalue weighted by Gasteiger charge is -2.08. The van der Waals surface area contributed by atoms with E-state index in [-0.39, 0.29) is 5.91 Å². The lowest BCUT2D eigenvalue weighted by Crippen LogP contribution is -2.07. The van der Waals surface area contributed by atoms with E-state index in [9.17, 15) is 10.1 Å². The van der Waals surface area contributed by atoms with Crippen LogP contribution in [0.4, 0.5) is 5.00 Å². The Hall–Kier alpha value is -2.09. The number of thiophene rings is 1. The molecule has 0 bridgehead atoms. The van der Waals surface area contributed by atoms with E-state index in [1.807, 2.05) is 12.1 Å². The highest BCUT2D eigenvalue weighted by molar-refractivity contribution is 7.16. The van der Waals surface area contributed by atoms with Crippen molar-refractivity contribution in [3.63, 3.8) is 0 Å². The van der Waals surface area contributed by atoms with Crippen molar-refractivity contribution in [3.8, 4) is 6.07 Å². The Morgan fingerprint density at radius 3 is 2.80 bits per heavy atom. The van der Waals surface area contributed by atoms with Gasteiger partial charge in [-0.15, -0.1) is 11.3 Å². The molecule has 1 amide bonds. The molecule has 0 unspecified atom stereocenters. The summed E-state index contributed by atoms with van der Waals surface area (Å²) in [7, 11) is 0. The van der Waals surface area contributed by atoms with E-state index in [0.717, 1.165) is 36.8 Å². The van der Waals surface area contributed by atoms with Gasteiger partial charge in [-0.3, -0.25) is 4.79 Å². The maximum Gasteiger partial charge on any atom is 0.249 e. The molecule has 3 nitrogen and oxygen atoms in total. The van der Waals surface area contributed by atoms with Crippen LogP contribution >= 0.6 is 22.9 Å². The van der Waals surface area contributed by atoms with Gasteiger partial charge in [0.25, 0.3) is 0 Å². The molecule has 1 aliphatic rings. The molecule has 128 valence electrons. The van der Waals surface area contributed by atoms with Gasteiger partial charge in [-0.25, -0.2) is 0 Å². The first-order valence-corrected chi connectivity index (χ1v) is 9.66. The number of nitrogens with zero attached hydrogens (tertiary/aromatic N) is 1. The van der Waals surface area contributed by atoms with Crippen LogP contribution in [0.2, 0.25) is 5.02 Å². The zero-order valence-electron chi connectivity index (χ0n) is 13.8. The molecule has 0 saturated carbocycles.